The summed E-state index contributed by atoms with van der Waals surface area (Å²) >= 11 is 9.76. The molecule has 1 aliphatic heterocycles. The lowest BCUT2D eigenvalue weighted by atomic mass is 9.99. The first-order valence-corrected chi connectivity index (χ1v) is 8.84. The highest BCUT2D eigenvalue weighted by molar-refractivity contribution is 9.10. The molecular formula is C18H9BrClF2N3O2. The van der Waals surface area contributed by atoms with Crippen LogP contribution in [0.4, 0.5) is 8.78 Å². The third-order valence-electron chi connectivity index (χ3n) is 4.15. The number of aromatic nitrogens is 2. The van der Waals surface area contributed by atoms with Crippen molar-refractivity contribution < 1.29 is 18.7 Å². The smallest absolute Gasteiger partial charge is 0.356 e. The highest BCUT2D eigenvalue weighted by Crippen LogP contribution is 2.36. The van der Waals surface area contributed by atoms with E-state index in [0.717, 1.165) is 12.1 Å². The van der Waals surface area contributed by atoms with Crippen LogP contribution in [0.3, 0.4) is 0 Å². The van der Waals surface area contributed by atoms with Crippen LogP contribution >= 0.6 is 27.5 Å². The number of aromatic carboxylic acids is 1. The number of benzene rings is 2. The van der Waals surface area contributed by atoms with Gasteiger partial charge in [0, 0.05) is 16.2 Å². The largest absolute Gasteiger partial charge is 0.476 e. The van der Waals surface area contributed by atoms with Crippen LogP contribution in [0.15, 0.2) is 46.0 Å². The predicted molar refractivity (Wildman–Crippen MR) is 98.9 cm³/mol. The minimum Gasteiger partial charge on any atom is -0.476 e. The first-order chi connectivity index (χ1) is 12.9. The Bertz CT molecular complexity index is 1120. The Labute approximate surface area is 165 Å². The summed E-state index contributed by atoms with van der Waals surface area (Å²) in [6, 6.07) is 6.85. The molecule has 0 spiro atoms. The number of imidazole rings is 1. The molecule has 2 aromatic carbocycles. The van der Waals surface area contributed by atoms with Crippen LogP contribution in [0, 0.1) is 11.6 Å². The van der Waals surface area contributed by atoms with E-state index in [1.807, 2.05) is 0 Å². The lowest BCUT2D eigenvalue weighted by Crippen LogP contribution is -2.12. The zero-order chi connectivity index (χ0) is 19.3. The van der Waals surface area contributed by atoms with E-state index < -0.39 is 17.6 Å². The summed E-state index contributed by atoms with van der Waals surface area (Å²) in [5.41, 5.74) is 0.281. The molecule has 4 rings (SSSR count). The van der Waals surface area contributed by atoms with Crippen molar-refractivity contribution in [2.45, 2.75) is 6.54 Å². The van der Waals surface area contributed by atoms with E-state index >= 15 is 0 Å². The van der Waals surface area contributed by atoms with Gasteiger partial charge in [-0.05, 0) is 40.2 Å². The molecule has 1 aliphatic rings. The fourth-order valence-electron chi connectivity index (χ4n) is 2.97. The molecule has 0 radical (unpaired) electrons. The molecule has 136 valence electrons. The molecule has 1 N–H and O–H groups in total. The number of halogens is 4. The second-order valence-electron chi connectivity index (χ2n) is 5.73. The Balaban J connectivity index is 2.06. The fraction of sp³-hybridized carbons (Fsp3) is 0.0556. The molecule has 0 saturated heterocycles. The second kappa shape index (κ2) is 6.54. The predicted octanol–water partition coefficient (Wildman–Crippen LogP) is 4.62. The molecule has 3 aromatic rings. The molecule has 0 bridgehead atoms. The zero-order valence-corrected chi connectivity index (χ0v) is 15.7. The Morgan fingerprint density at radius 1 is 1.19 bits per heavy atom. The van der Waals surface area contributed by atoms with Crippen LogP contribution in [0.25, 0.3) is 5.69 Å². The topological polar surface area (TPSA) is 67.5 Å². The molecular weight excluding hydrogens is 444 g/mol. The van der Waals surface area contributed by atoms with E-state index in [2.05, 4.69) is 25.9 Å². The van der Waals surface area contributed by atoms with Crippen molar-refractivity contribution in [2.75, 3.05) is 0 Å². The minimum atomic E-state index is -1.19. The Morgan fingerprint density at radius 2 is 1.89 bits per heavy atom. The van der Waals surface area contributed by atoms with Crippen LogP contribution in [0.2, 0.25) is 5.02 Å². The standard InChI is InChI=1S/C18H9BrClF2N3O2/c19-8-4-5-12-15(16(8)20)17(14-9(21)2-1-3-10(14)22)23-6-13-24-11(18(26)27)7-25(12)13/h1-5,7H,6H2,(H,26,27). The Hall–Kier alpha value is -2.58. The van der Waals surface area contributed by atoms with Gasteiger partial charge in [0.2, 0.25) is 0 Å². The molecule has 1 aromatic heterocycles. The van der Waals surface area contributed by atoms with Gasteiger partial charge in [0.1, 0.15) is 17.5 Å². The number of aliphatic imine (C=N–C) groups is 1. The summed E-state index contributed by atoms with van der Waals surface area (Å²) in [4.78, 5) is 19.6. The van der Waals surface area contributed by atoms with Gasteiger partial charge >= 0.3 is 5.97 Å². The van der Waals surface area contributed by atoms with Gasteiger partial charge < -0.3 is 9.67 Å². The molecule has 0 aliphatic carbocycles. The molecule has 0 saturated carbocycles. The first kappa shape index (κ1) is 17.8. The maximum absolute atomic E-state index is 14.4. The van der Waals surface area contributed by atoms with Crippen LogP contribution in [0.5, 0.6) is 0 Å². The van der Waals surface area contributed by atoms with E-state index in [-0.39, 0.29) is 34.1 Å². The third-order valence-corrected chi connectivity index (χ3v) is 5.43. The van der Waals surface area contributed by atoms with Crippen molar-refractivity contribution in [2.24, 2.45) is 4.99 Å². The number of carboxylic acids is 1. The molecule has 9 heteroatoms. The SMILES string of the molecule is O=C(O)c1cn2c(n1)CN=C(c1c(F)cccc1F)c1c-2ccc(Br)c1Cl. The number of rotatable bonds is 2. The van der Waals surface area contributed by atoms with Crippen LogP contribution < -0.4 is 0 Å². The lowest BCUT2D eigenvalue weighted by Gasteiger charge is -2.15. The number of fused-ring (bicyclic) bond motifs is 3. The van der Waals surface area contributed by atoms with E-state index in [4.69, 9.17) is 11.6 Å². The summed E-state index contributed by atoms with van der Waals surface area (Å²) in [5.74, 6) is -2.42. The third kappa shape index (κ3) is 2.85. The molecule has 27 heavy (non-hydrogen) atoms. The highest BCUT2D eigenvalue weighted by atomic mass is 79.9. The molecule has 0 atom stereocenters. The fourth-order valence-corrected chi connectivity index (χ4v) is 3.54. The lowest BCUT2D eigenvalue weighted by molar-refractivity contribution is 0.0691. The van der Waals surface area contributed by atoms with E-state index in [0.29, 0.717) is 16.0 Å². The van der Waals surface area contributed by atoms with Gasteiger partial charge in [0.25, 0.3) is 0 Å². The second-order valence-corrected chi connectivity index (χ2v) is 6.97. The van der Waals surface area contributed by atoms with Crippen molar-refractivity contribution in [1.29, 1.82) is 0 Å². The van der Waals surface area contributed by atoms with Crippen molar-refractivity contribution in [1.82, 2.24) is 9.55 Å². The normalized spacial score (nSPS) is 12.8. The van der Waals surface area contributed by atoms with Gasteiger partial charge in [-0.25, -0.2) is 18.6 Å². The molecule has 2 heterocycles. The monoisotopic (exact) mass is 451 g/mol. The summed E-state index contributed by atoms with van der Waals surface area (Å²) < 4.78 is 30.9. The van der Waals surface area contributed by atoms with Crippen molar-refractivity contribution in [3.63, 3.8) is 0 Å². The molecule has 0 amide bonds. The molecule has 5 nitrogen and oxygen atoms in total. The van der Waals surface area contributed by atoms with Crippen molar-refractivity contribution in [3.8, 4) is 5.69 Å². The summed E-state index contributed by atoms with van der Waals surface area (Å²) in [5, 5.41) is 9.41. The van der Waals surface area contributed by atoms with Gasteiger partial charge in [-0.2, -0.15) is 0 Å². The number of nitrogens with zero attached hydrogens (tertiary/aromatic N) is 3. The number of carbonyl (C=O) groups is 1. The average molecular weight is 453 g/mol. The zero-order valence-electron chi connectivity index (χ0n) is 13.4. The number of hydrogen-bond acceptors (Lipinski definition) is 3. The number of hydrogen-bond donors (Lipinski definition) is 1. The maximum Gasteiger partial charge on any atom is 0.356 e. The van der Waals surface area contributed by atoms with Crippen LogP contribution in [-0.4, -0.2) is 26.3 Å². The van der Waals surface area contributed by atoms with Gasteiger partial charge in [-0.1, -0.05) is 17.7 Å². The van der Waals surface area contributed by atoms with E-state index in [1.165, 1.54) is 16.8 Å². The summed E-state index contributed by atoms with van der Waals surface area (Å²) in [6.07, 6.45) is 1.33. The summed E-state index contributed by atoms with van der Waals surface area (Å²) in [7, 11) is 0. The first-order valence-electron chi connectivity index (χ1n) is 7.67. The maximum atomic E-state index is 14.4. The van der Waals surface area contributed by atoms with E-state index in [1.54, 1.807) is 12.1 Å². The van der Waals surface area contributed by atoms with Gasteiger partial charge in [-0.3, -0.25) is 4.99 Å². The van der Waals surface area contributed by atoms with Crippen molar-refractivity contribution >= 4 is 39.2 Å². The number of carboxylic acid groups (broad SMARTS) is 1. The summed E-state index contributed by atoms with van der Waals surface area (Å²) in [6.45, 7) is -0.0704. The van der Waals surface area contributed by atoms with Crippen molar-refractivity contribution in [3.05, 3.63) is 80.3 Å². The Morgan fingerprint density at radius 3 is 2.56 bits per heavy atom. The minimum absolute atomic E-state index is 0.0364. The van der Waals surface area contributed by atoms with Crippen LogP contribution in [0.1, 0.15) is 27.4 Å². The van der Waals surface area contributed by atoms with Gasteiger partial charge in [0.05, 0.1) is 28.5 Å². The van der Waals surface area contributed by atoms with Gasteiger partial charge in [0.15, 0.2) is 5.69 Å². The average Bonchev–Trinajstić information content (AvgIpc) is 2.98. The Kier molecular flexibility index (Phi) is 4.32. The molecule has 0 unspecified atom stereocenters. The quantitative estimate of drug-likeness (QED) is 0.617. The van der Waals surface area contributed by atoms with Gasteiger partial charge in [-0.15, -0.1) is 0 Å². The molecule has 0 fully saturated rings. The van der Waals surface area contributed by atoms with Crippen LogP contribution in [-0.2, 0) is 6.54 Å². The highest BCUT2D eigenvalue weighted by Gasteiger charge is 2.28. The van der Waals surface area contributed by atoms with E-state index in [9.17, 15) is 18.7 Å².